The zero-order chi connectivity index (χ0) is 6.85. The predicted octanol–water partition coefficient (Wildman–Crippen LogP) is 0.488. The molecule has 0 amide bonds. The van der Waals surface area contributed by atoms with E-state index in [1.165, 1.54) is 0 Å². The van der Waals surface area contributed by atoms with Gasteiger partial charge in [-0.1, -0.05) is 0 Å². The SMILES string of the molecule is CC(=N)N1CCC([O])C1. The van der Waals surface area contributed by atoms with Gasteiger partial charge in [-0.25, -0.2) is 5.11 Å². The summed E-state index contributed by atoms with van der Waals surface area (Å²) in [6.07, 6.45) is 0.251. The molecule has 1 unspecified atom stereocenters. The maximum absolute atomic E-state index is 10.7. The largest absolute Gasteiger partial charge is 0.358 e. The highest BCUT2D eigenvalue weighted by Gasteiger charge is 2.21. The first-order valence-electron chi connectivity index (χ1n) is 3.16. The third kappa shape index (κ3) is 1.42. The van der Waals surface area contributed by atoms with Crippen molar-refractivity contribution in [3.63, 3.8) is 0 Å². The number of hydrogen-bond acceptors (Lipinski definition) is 1. The lowest BCUT2D eigenvalue weighted by molar-refractivity contribution is 0.101. The van der Waals surface area contributed by atoms with Crippen LogP contribution in [-0.2, 0) is 5.11 Å². The Labute approximate surface area is 54.8 Å². The van der Waals surface area contributed by atoms with Crippen LogP contribution >= 0.6 is 0 Å². The van der Waals surface area contributed by atoms with Crippen molar-refractivity contribution in [3.8, 4) is 0 Å². The minimum atomic E-state index is -0.453. The zero-order valence-corrected chi connectivity index (χ0v) is 5.55. The molecule has 0 aromatic carbocycles. The molecule has 1 rings (SSSR count). The lowest BCUT2D eigenvalue weighted by Gasteiger charge is -2.13. The molecule has 1 aliphatic heterocycles. The van der Waals surface area contributed by atoms with E-state index in [1.807, 2.05) is 4.90 Å². The van der Waals surface area contributed by atoms with Gasteiger partial charge >= 0.3 is 0 Å². The van der Waals surface area contributed by atoms with E-state index in [0.717, 1.165) is 6.54 Å². The minimum absolute atomic E-state index is 0.453. The fourth-order valence-electron chi connectivity index (χ4n) is 1.03. The van der Waals surface area contributed by atoms with Gasteiger partial charge in [0.15, 0.2) is 0 Å². The van der Waals surface area contributed by atoms with E-state index in [-0.39, 0.29) is 0 Å². The van der Waals surface area contributed by atoms with Crippen LogP contribution in [0.3, 0.4) is 0 Å². The second-order valence-electron chi connectivity index (χ2n) is 2.44. The molecule has 0 aliphatic carbocycles. The van der Waals surface area contributed by atoms with E-state index in [4.69, 9.17) is 5.41 Å². The van der Waals surface area contributed by atoms with Gasteiger partial charge in [0.2, 0.25) is 0 Å². The molecule has 1 N–H and O–H groups in total. The predicted molar refractivity (Wildman–Crippen MR) is 34.1 cm³/mol. The van der Waals surface area contributed by atoms with E-state index in [0.29, 0.717) is 18.8 Å². The highest BCUT2D eigenvalue weighted by atomic mass is 16.3. The summed E-state index contributed by atoms with van der Waals surface area (Å²) in [5, 5.41) is 17.9. The van der Waals surface area contributed by atoms with Crippen LogP contribution in [0.25, 0.3) is 0 Å². The molecule has 1 fully saturated rings. The summed E-state index contributed by atoms with van der Waals surface area (Å²) in [6.45, 7) is 3.04. The summed E-state index contributed by atoms with van der Waals surface area (Å²) in [7, 11) is 0. The molecule has 1 atom stereocenters. The van der Waals surface area contributed by atoms with Gasteiger partial charge in [-0.15, -0.1) is 0 Å². The van der Waals surface area contributed by atoms with Crippen molar-refractivity contribution in [3.05, 3.63) is 0 Å². The Morgan fingerprint density at radius 2 is 2.44 bits per heavy atom. The van der Waals surface area contributed by atoms with Crippen molar-refractivity contribution in [1.82, 2.24) is 4.90 Å². The quantitative estimate of drug-likeness (QED) is 0.373. The minimum Gasteiger partial charge on any atom is -0.358 e. The zero-order valence-electron chi connectivity index (χ0n) is 5.55. The average molecular weight is 127 g/mol. The van der Waals surface area contributed by atoms with Crippen molar-refractivity contribution >= 4 is 5.84 Å². The molecule has 9 heavy (non-hydrogen) atoms. The number of likely N-dealkylation sites (tertiary alicyclic amines) is 1. The van der Waals surface area contributed by atoms with Crippen LogP contribution in [0.5, 0.6) is 0 Å². The molecule has 0 spiro atoms. The standard InChI is InChI=1S/C6H11N2O/c1-5(7)8-3-2-6(9)4-8/h6-7H,2-4H2,1H3. The Morgan fingerprint density at radius 3 is 2.67 bits per heavy atom. The maximum Gasteiger partial charge on any atom is 0.112 e. The monoisotopic (exact) mass is 127 g/mol. The van der Waals surface area contributed by atoms with E-state index < -0.39 is 6.10 Å². The Kier molecular flexibility index (Phi) is 1.71. The molecule has 3 heteroatoms. The summed E-state index contributed by atoms with van der Waals surface area (Å²) in [4.78, 5) is 1.82. The van der Waals surface area contributed by atoms with Gasteiger partial charge in [0.05, 0.1) is 5.84 Å². The van der Waals surface area contributed by atoms with Crippen LogP contribution in [-0.4, -0.2) is 29.9 Å². The van der Waals surface area contributed by atoms with E-state index in [9.17, 15) is 5.11 Å². The smallest absolute Gasteiger partial charge is 0.112 e. The maximum atomic E-state index is 10.7. The summed E-state index contributed by atoms with van der Waals surface area (Å²) in [5.74, 6) is 0.522. The Hall–Kier alpha value is -0.570. The molecule has 1 saturated heterocycles. The van der Waals surface area contributed by atoms with Crippen molar-refractivity contribution in [1.29, 1.82) is 5.41 Å². The molecule has 0 aromatic rings. The van der Waals surface area contributed by atoms with Gasteiger partial charge in [0.25, 0.3) is 0 Å². The molecule has 0 saturated carbocycles. The van der Waals surface area contributed by atoms with Crippen LogP contribution in [0.4, 0.5) is 0 Å². The van der Waals surface area contributed by atoms with Gasteiger partial charge in [0.1, 0.15) is 6.10 Å². The van der Waals surface area contributed by atoms with Crippen LogP contribution in [0.15, 0.2) is 0 Å². The number of rotatable bonds is 0. The first kappa shape index (κ1) is 6.55. The van der Waals surface area contributed by atoms with Crippen LogP contribution in [0.2, 0.25) is 0 Å². The van der Waals surface area contributed by atoms with Gasteiger partial charge in [-0.3, -0.25) is 5.41 Å². The van der Waals surface area contributed by atoms with Crippen molar-refractivity contribution < 1.29 is 5.11 Å². The lowest BCUT2D eigenvalue weighted by atomic mass is 10.3. The third-order valence-corrected chi connectivity index (χ3v) is 1.62. The number of nitrogens with one attached hydrogen (secondary N) is 1. The summed E-state index contributed by atoms with van der Waals surface area (Å²) in [5.41, 5.74) is 0. The highest BCUT2D eigenvalue weighted by molar-refractivity contribution is 5.76. The van der Waals surface area contributed by atoms with E-state index in [2.05, 4.69) is 0 Å². The molecule has 0 aromatic heterocycles. The van der Waals surface area contributed by atoms with E-state index >= 15 is 0 Å². The third-order valence-electron chi connectivity index (χ3n) is 1.62. The first-order chi connectivity index (χ1) is 4.20. The molecule has 0 bridgehead atoms. The van der Waals surface area contributed by atoms with Crippen molar-refractivity contribution in [2.45, 2.75) is 19.4 Å². The lowest BCUT2D eigenvalue weighted by Crippen LogP contribution is -2.25. The fourth-order valence-corrected chi connectivity index (χ4v) is 1.03. The molecular formula is C6H11N2O. The second-order valence-corrected chi connectivity index (χ2v) is 2.44. The van der Waals surface area contributed by atoms with Gasteiger partial charge in [-0.05, 0) is 13.3 Å². The van der Waals surface area contributed by atoms with E-state index in [1.54, 1.807) is 6.92 Å². The molecule has 1 heterocycles. The second kappa shape index (κ2) is 2.35. The topological polar surface area (TPSA) is 47.0 Å². The van der Waals surface area contributed by atoms with Crippen LogP contribution in [0, 0.1) is 5.41 Å². The number of hydrogen-bond donors (Lipinski definition) is 1. The Balaban J connectivity index is 2.39. The van der Waals surface area contributed by atoms with Crippen molar-refractivity contribution in [2.75, 3.05) is 13.1 Å². The Morgan fingerprint density at radius 1 is 1.78 bits per heavy atom. The summed E-state index contributed by atoms with van der Waals surface area (Å²) in [6, 6.07) is 0. The molecule has 3 nitrogen and oxygen atoms in total. The van der Waals surface area contributed by atoms with Gasteiger partial charge < -0.3 is 4.90 Å². The average Bonchev–Trinajstić information content (AvgIpc) is 2.14. The number of nitrogens with zero attached hydrogens (tertiary/aromatic N) is 1. The van der Waals surface area contributed by atoms with Crippen LogP contribution < -0.4 is 0 Å². The van der Waals surface area contributed by atoms with Crippen LogP contribution in [0.1, 0.15) is 13.3 Å². The summed E-state index contributed by atoms with van der Waals surface area (Å²) < 4.78 is 0. The fraction of sp³-hybridized carbons (Fsp3) is 0.833. The van der Waals surface area contributed by atoms with Crippen molar-refractivity contribution in [2.24, 2.45) is 0 Å². The summed E-state index contributed by atoms with van der Waals surface area (Å²) >= 11 is 0. The first-order valence-corrected chi connectivity index (χ1v) is 3.16. The molecular weight excluding hydrogens is 116 g/mol. The Bertz CT molecular complexity index is 124. The molecule has 1 radical (unpaired) electrons. The normalized spacial score (nSPS) is 26.9. The van der Waals surface area contributed by atoms with Gasteiger partial charge in [-0.2, -0.15) is 0 Å². The molecule has 1 aliphatic rings. The van der Waals surface area contributed by atoms with Gasteiger partial charge in [0, 0.05) is 13.1 Å². The number of amidine groups is 1. The highest BCUT2D eigenvalue weighted by Crippen LogP contribution is 2.08. The molecule has 51 valence electrons.